The monoisotopic (exact) mass is 208 g/mol. The topological polar surface area (TPSA) is 36.3 Å². The van der Waals surface area contributed by atoms with Crippen LogP contribution in [0.3, 0.4) is 0 Å². The molecule has 3 heteroatoms. The van der Waals surface area contributed by atoms with Crippen molar-refractivity contribution in [1.29, 1.82) is 5.26 Å². The molecule has 2 saturated heterocycles. The third-order valence-electron chi connectivity index (χ3n) is 3.79. The Hall–Kier alpha value is -0.590. The lowest BCUT2D eigenvalue weighted by atomic mass is 9.86. The molecule has 2 heterocycles. The van der Waals surface area contributed by atoms with Crippen LogP contribution < -0.4 is 0 Å². The summed E-state index contributed by atoms with van der Waals surface area (Å²) >= 11 is 0. The molecule has 0 saturated carbocycles. The lowest BCUT2D eigenvalue weighted by molar-refractivity contribution is -0.0147. The Bertz CT molecular complexity index is 253. The van der Waals surface area contributed by atoms with Crippen LogP contribution in [0.1, 0.15) is 32.6 Å². The zero-order valence-electron chi connectivity index (χ0n) is 9.54. The van der Waals surface area contributed by atoms with Crippen LogP contribution in [-0.2, 0) is 4.74 Å². The zero-order chi connectivity index (χ0) is 10.7. The Morgan fingerprint density at radius 2 is 2.13 bits per heavy atom. The molecule has 0 N–H and O–H groups in total. The van der Waals surface area contributed by atoms with E-state index in [9.17, 15) is 5.26 Å². The smallest absolute Gasteiger partial charge is 0.113 e. The van der Waals surface area contributed by atoms with Gasteiger partial charge in [-0.15, -0.1) is 0 Å². The Balaban J connectivity index is 2.07. The minimum Gasteiger partial charge on any atom is -0.381 e. The highest BCUT2D eigenvalue weighted by Gasteiger charge is 2.40. The van der Waals surface area contributed by atoms with Crippen molar-refractivity contribution < 1.29 is 4.74 Å². The predicted molar refractivity (Wildman–Crippen MR) is 58.4 cm³/mol. The van der Waals surface area contributed by atoms with Crippen LogP contribution in [0.2, 0.25) is 0 Å². The third-order valence-corrected chi connectivity index (χ3v) is 3.79. The molecule has 0 aliphatic carbocycles. The van der Waals surface area contributed by atoms with Gasteiger partial charge in [0.25, 0.3) is 0 Å². The van der Waals surface area contributed by atoms with Gasteiger partial charge < -0.3 is 4.74 Å². The normalized spacial score (nSPS) is 32.1. The molecular formula is C12H20N2O. The summed E-state index contributed by atoms with van der Waals surface area (Å²) in [7, 11) is 0. The first-order valence-electron chi connectivity index (χ1n) is 6.01. The quantitative estimate of drug-likeness (QED) is 0.659. The van der Waals surface area contributed by atoms with Gasteiger partial charge in [0.05, 0.1) is 6.07 Å². The van der Waals surface area contributed by atoms with Crippen LogP contribution in [-0.4, -0.2) is 36.7 Å². The molecule has 0 unspecified atom stereocenters. The van der Waals surface area contributed by atoms with E-state index in [-0.39, 0.29) is 5.54 Å². The number of ether oxygens (including phenoxy) is 1. The van der Waals surface area contributed by atoms with E-state index in [0.29, 0.717) is 0 Å². The fourth-order valence-corrected chi connectivity index (χ4v) is 2.79. The molecule has 15 heavy (non-hydrogen) atoms. The van der Waals surface area contributed by atoms with Crippen molar-refractivity contribution >= 4 is 0 Å². The Morgan fingerprint density at radius 1 is 1.40 bits per heavy atom. The highest BCUT2D eigenvalue weighted by Crippen LogP contribution is 2.31. The molecule has 3 nitrogen and oxygen atoms in total. The van der Waals surface area contributed by atoms with Crippen LogP contribution in [0.15, 0.2) is 0 Å². The van der Waals surface area contributed by atoms with Gasteiger partial charge in [-0.3, -0.25) is 4.90 Å². The van der Waals surface area contributed by atoms with Gasteiger partial charge in [0.2, 0.25) is 0 Å². The molecular weight excluding hydrogens is 188 g/mol. The van der Waals surface area contributed by atoms with Crippen molar-refractivity contribution in [3.8, 4) is 6.07 Å². The Labute approximate surface area is 92.0 Å². The summed E-state index contributed by atoms with van der Waals surface area (Å²) in [6.07, 6.45) is 4.33. The first kappa shape index (κ1) is 10.9. The molecule has 0 aromatic carbocycles. The lowest BCUT2D eigenvalue weighted by Crippen LogP contribution is -2.54. The number of hydrogen-bond donors (Lipinski definition) is 0. The van der Waals surface area contributed by atoms with Gasteiger partial charge in [0, 0.05) is 32.6 Å². The third kappa shape index (κ3) is 2.16. The summed E-state index contributed by atoms with van der Waals surface area (Å²) in [5, 5.41) is 9.43. The van der Waals surface area contributed by atoms with Crippen LogP contribution in [0.4, 0.5) is 0 Å². The molecule has 1 atom stereocenters. The van der Waals surface area contributed by atoms with E-state index >= 15 is 0 Å². The number of nitriles is 1. The number of likely N-dealkylation sites (tertiary alicyclic amines) is 1. The van der Waals surface area contributed by atoms with E-state index in [1.54, 1.807) is 0 Å². The fourth-order valence-electron chi connectivity index (χ4n) is 2.79. The zero-order valence-corrected chi connectivity index (χ0v) is 9.54. The van der Waals surface area contributed by atoms with Crippen molar-refractivity contribution in [2.24, 2.45) is 5.92 Å². The van der Waals surface area contributed by atoms with Crippen molar-refractivity contribution in [3.05, 3.63) is 0 Å². The molecule has 2 aliphatic heterocycles. The van der Waals surface area contributed by atoms with E-state index in [1.807, 2.05) is 0 Å². The lowest BCUT2D eigenvalue weighted by Gasteiger charge is -2.44. The number of hydrogen-bond acceptors (Lipinski definition) is 3. The second-order valence-electron chi connectivity index (χ2n) is 4.95. The van der Waals surface area contributed by atoms with Gasteiger partial charge in [0.1, 0.15) is 5.54 Å². The van der Waals surface area contributed by atoms with Crippen molar-refractivity contribution in [2.45, 2.75) is 38.1 Å². The fraction of sp³-hybridized carbons (Fsp3) is 0.917. The molecule has 0 aromatic heterocycles. The summed E-state index contributed by atoms with van der Waals surface area (Å²) in [6.45, 7) is 5.97. The average Bonchev–Trinajstić information content (AvgIpc) is 2.30. The Kier molecular flexibility index (Phi) is 3.28. The second kappa shape index (κ2) is 4.51. The largest absolute Gasteiger partial charge is 0.381 e. The number of rotatable bonds is 1. The second-order valence-corrected chi connectivity index (χ2v) is 4.95. The first-order valence-corrected chi connectivity index (χ1v) is 6.01. The number of piperidine rings is 1. The molecule has 2 fully saturated rings. The van der Waals surface area contributed by atoms with Gasteiger partial charge in [-0.05, 0) is 25.3 Å². The van der Waals surface area contributed by atoms with E-state index in [1.165, 1.54) is 12.8 Å². The molecule has 0 bridgehead atoms. The van der Waals surface area contributed by atoms with E-state index < -0.39 is 0 Å². The van der Waals surface area contributed by atoms with Crippen LogP contribution in [0.5, 0.6) is 0 Å². The first-order chi connectivity index (χ1) is 7.27. The van der Waals surface area contributed by atoms with Crippen LogP contribution >= 0.6 is 0 Å². The highest BCUT2D eigenvalue weighted by atomic mass is 16.5. The molecule has 0 spiro atoms. The maximum absolute atomic E-state index is 9.43. The molecule has 0 amide bonds. The molecule has 84 valence electrons. The van der Waals surface area contributed by atoms with Crippen molar-refractivity contribution in [3.63, 3.8) is 0 Å². The van der Waals surface area contributed by atoms with Crippen LogP contribution in [0.25, 0.3) is 0 Å². The summed E-state index contributed by atoms with van der Waals surface area (Å²) in [4.78, 5) is 2.41. The minimum atomic E-state index is -0.215. The van der Waals surface area contributed by atoms with Gasteiger partial charge in [-0.2, -0.15) is 5.26 Å². The van der Waals surface area contributed by atoms with Gasteiger partial charge in [0.15, 0.2) is 0 Å². The van der Waals surface area contributed by atoms with E-state index in [2.05, 4.69) is 17.9 Å². The molecule has 2 rings (SSSR count). The maximum Gasteiger partial charge on any atom is 0.113 e. The summed E-state index contributed by atoms with van der Waals surface area (Å²) in [5.41, 5.74) is -0.215. The van der Waals surface area contributed by atoms with Crippen molar-refractivity contribution in [1.82, 2.24) is 4.90 Å². The van der Waals surface area contributed by atoms with Crippen molar-refractivity contribution in [2.75, 3.05) is 26.3 Å². The SMILES string of the molecule is C[C@H]1CCCN(C2(C#N)CCOCC2)C1. The maximum atomic E-state index is 9.43. The molecule has 0 radical (unpaired) electrons. The predicted octanol–water partition coefficient (Wildman–Crippen LogP) is 1.79. The summed E-state index contributed by atoms with van der Waals surface area (Å²) in [6, 6.07) is 2.55. The van der Waals surface area contributed by atoms with Gasteiger partial charge in [-0.25, -0.2) is 0 Å². The average molecular weight is 208 g/mol. The van der Waals surface area contributed by atoms with E-state index in [4.69, 9.17) is 4.74 Å². The minimum absolute atomic E-state index is 0.215. The highest BCUT2D eigenvalue weighted by molar-refractivity contribution is 5.10. The van der Waals surface area contributed by atoms with Gasteiger partial charge >= 0.3 is 0 Å². The summed E-state index contributed by atoms with van der Waals surface area (Å²) in [5.74, 6) is 0.742. The molecule has 2 aliphatic rings. The molecule has 0 aromatic rings. The number of nitrogens with zero attached hydrogens (tertiary/aromatic N) is 2. The Morgan fingerprint density at radius 3 is 2.73 bits per heavy atom. The van der Waals surface area contributed by atoms with Gasteiger partial charge in [-0.1, -0.05) is 6.92 Å². The standard InChI is InChI=1S/C12H20N2O/c1-11-3-2-6-14(9-11)12(10-13)4-7-15-8-5-12/h11H,2-9H2,1H3/t11-/m0/s1. The van der Waals surface area contributed by atoms with E-state index in [0.717, 1.165) is 45.1 Å². The van der Waals surface area contributed by atoms with Crippen LogP contribution in [0, 0.1) is 17.2 Å². The summed E-state index contributed by atoms with van der Waals surface area (Å²) < 4.78 is 5.37.